The van der Waals surface area contributed by atoms with Crippen LogP contribution in [-0.2, 0) is 6.18 Å². The Kier molecular flexibility index (Phi) is 1.52. The minimum absolute atomic E-state index is 0.940. The molecule has 0 aliphatic carbocycles. The largest absolute Gasteiger partial charge is 0.453 e. The molecule has 0 amide bonds. The van der Waals surface area contributed by atoms with Gasteiger partial charge in [-0.2, -0.15) is 18.3 Å². The quantitative estimate of drug-likeness (QED) is 0.549. The van der Waals surface area contributed by atoms with E-state index in [4.69, 9.17) is 0 Å². The number of nitrogens with zero attached hydrogens (tertiary/aromatic N) is 3. The van der Waals surface area contributed by atoms with Crippen molar-refractivity contribution < 1.29 is 13.2 Å². The first kappa shape index (κ1) is 6.91. The van der Waals surface area contributed by atoms with E-state index in [0.717, 1.165) is 12.4 Å². The lowest BCUT2D eigenvalue weighted by Crippen LogP contribution is -2.10. The van der Waals surface area contributed by atoms with E-state index < -0.39 is 12.0 Å². The number of aromatic nitrogens is 3. The summed E-state index contributed by atoms with van der Waals surface area (Å²) in [7, 11) is 0. The van der Waals surface area contributed by atoms with Gasteiger partial charge in [0.15, 0.2) is 0 Å². The second kappa shape index (κ2) is 2.20. The molecule has 6 heteroatoms. The van der Waals surface area contributed by atoms with Crippen molar-refractivity contribution in [1.29, 1.82) is 0 Å². The Morgan fingerprint density at radius 1 is 1.20 bits per heavy atom. The van der Waals surface area contributed by atoms with Crippen LogP contribution in [0.15, 0.2) is 12.4 Å². The maximum atomic E-state index is 11.6. The third kappa shape index (κ3) is 1.40. The number of halogens is 3. The molecule has 0 unspecified atom stereocenters. The van der Waals surface area contributed by atoms with Crippen LogP contribution in [-0.4, -0.2) is 15.2 Å². The normalized spacial score (nSPS) is 11.5. The molecular weight excluding hydrogens is 147 g/mol. The molecule has 0 radical (unpaired) electrons. The van der Waals surface area contributed by atoms with Gasteiger partial charge in [0.1, 0.15) is 0 Å². The molecule has 0 saturated carbocycles. The van der Waals surface area contributed by atoms with Crippen molar-refractivity contribution in [2.24, 2.45) is 0 Å². The first-order valence-electron chi connectivity index (χ1n) is 2.31. The van der Waals surface area contributed by atoms with Crippen molar-refractivity contribution >= 4 is 0 Å². The topological polar surface area (TPSA) is 38.7 Å². The molecule has 10 heavy (non-hydrogen) atoms. The van der Waals surface area contributed by atoms with Crippen molar-refractivity contribution in [3.8, 4) is 0 Å². The van der Waals surface area contributed by atoms with E-state index in [1.165, 1.54) is 0 Å². The summed E-state index contributed by atoms with van der Waals surface area (Å²) >= 11 is 0. The van der Waals surface area contributed by atoms with Gasteiger partial charge in [0.25, 0.3) is 5.82 Å². The molecular formula is C4H2F3N3. The Labute approximate surface area is 53.9 Å². The molecule has 1 aromatic heterocycles. The number of hydrogen-bond acceptors (Lipinski definition) is 3. The standard InChI is InChI=1S/C4H2F3N3/c5-4(6,7)3-8-1-2-9-10-3/h1-2H. The Morgan fingerprint density at radius 3 is 2.20 bits per heavy atom. The van der Waals surface area contributed by atoms with Crippen LogP contribution in [0.3, 0.4) is 0 Å². The van der Waals surface area contributed by atoms with Crippen LogP contribution < -0.4 is 0 Å². The smallest absolute Gasteiger partial charge is 0.230 e. The van der Waals surface area contributed by atoms with Crippen LogP contribution in [0.5, 0.6) is 0 Å². The van der Waals surface area contributed by atoms with Crippen molar-refractivity contribution in [1.82, 2.24) is 15.2 Å². The molecule has 0 fully saturated rings. The van der Waals surface area contributed by atoms with Crippen LogP contribution in [0.2, 0.25) is 0 Å². The molecule has 0 atom stereocenters. The van der Waals surface area contributed by atoms with Gasteiger partial charge in [-0.15, -0.1) is 5.10 Å². The second-order valence-corrected chi connectivity index (χ2v) is 1.46. The summed E-state index contributed by atoms with van der Waals surface area (Å²) < 4.78 is 34.9. The molecule has 0 saturated heterocycles. The molecule has 0 aliphatic heterocycles. The lowest BCUT2D eigenvalue weighted by Gasteiger charge is -2.00. The van der Waals surface area contributed by atoms with Crippen LogP contribution in [0.4, 0.5) is 13.2 Å². The van der Waals surface area contributed by atoms with E-state index in [1.807, 2.05) is 0 Å². The first-order chi connectivity index (χ1) is 4.61. The predicted molar refractivity (Wildman–Crippen MR) is 24.8 cm³/mol. The van der Waals surface area contributed by atoms with Crippen LogP contribution in [0, 0.1) is 0 Å². The van der Waals surface area contributed by atoms with E-state index in [2.05, 4.69) is 15.2 Å². The summed E-state index contributed by atoms with van der Waals surface area (Å²) in [5.74, 6) is -1.21. The summed E-state index contributed by atoms with van der Waals surface area (Å²) in [6, 6.07) is 0. The van der Waals surface area contributed by atoms with Gasteiger partial charge in [-0.05, 0) is 0 Å². The summed E-state index contributed by atoms with van der Waals surface area (Å²) in [5, 5.41) is 5.78. The highest BCUT2D eigenvalue weighted by molar-refractivity contribution is 4.86. The maximum absolute atomic E-state index is 11.6. The van der Waals surface area contributed by atoms with Gasteiger partial charge in [-0.3, -0.25) is 0 Å². The number of rotatable bonds is 0. The van der Waals surface area contributed by atoms with Gasteiger partial charge >= 0.3 is 6.18 Å². The van der Waals surface area contributed by atoms with Crippen molar-refractivity contribution in [3.63, 3.8) is 0 Å². The molecule has 1 rings (SSSR count). The zero-order valence-corrected chi connectivity index (χ0v) is 4.63. The maximum Gasteiger partial charge on any atom is 0.453 e. The second-order valence-electron chi connectivity index (χ2n) is 1.46. The first-order valence-corrected chi connectivity index (χ1v) is 2.31. The minimum Gasteiger partial charge on any atom is -0.230 e. The fraction of sp³-hybridized carbons (Fsp3) is 0.250. The average molecular weight is 149 g/mol. The molecule has 1 aromatic rings. The van der Waals surface area contributed by atoms with Crippen molar-refractivity contribution in [3.05, 3.63) is 18.2 Å². The third-order valence-corrected chi connectivity index (χ3v) is 0.736. The molecule has 0 aromatic carbocycles. The SMILES string of the molecule is FC(F)(F)c1nccnn1. The van der Waals surface area contributed by atoms with E-state index in [9.17, 15) is 13.2 Å². The highest BCUT2D eigenvalue weighted by atomic mass is 19.4. The van der Waals surface area contributed by atoms with Gasteiger partial charge in [0.2, 0.25) is 0 Å². The number of alkyl halides is 3. The van der Waals surface area contributed by atoms with E-state index in [-0.39, 0.29) is 0 Å². The monoisotopic (exact) mass is 149 g/mol. The van der Waals surface area contributed by atoms with Crippen LogP contribution in [0.1, 0.15) is 5.82 Å². The number of hydrogen-bond donors (Lipinski definition) is 0. The Morgan fingerprint density at radius 2 is 1.90 bits per heavy atom. The Bertz CT molecular complexity index is 207. The van der Waals surface area contributed by atoms with E-state index >= 15 is 0 Å². The van der Waals surface area contributed by atoms with Gasteiger partial charge in [-0.25, -0.2) is 4.98 Å². The minimum atomic E-state index is -4.49. The highest BCUT2D eigenvalue weighted by Gasteiger charge is 2.34. The zero-order chi connectivity index (χ0) is 7.61. The average Bonchev–Trinajstić information content (AvgIpc) is 1.88. The Hall–Kier alpha value is -1.20. The lowest BCUT2D eigenvalue weighted by molar-refractivity contribution is -0.145. The molecule has 0 aliphatic rings. The van der Waals surface area contributed by atoms with Gasteiger partial charge in [0.05, 0.1) is 6.20 Å². The Balaban J connectivity index is 2.97. The molecule has 3 nitrogen and oxygen atoms in total. The van der Waals surface area contributed by atoms with Crippen molar-refractivity contribution in [2.45, 2.75) is 6.18 Å². The van der Waals surface area contributed by atoms with Gasteiger partial charge in [0, 0.05) is 6.20 Å². The molecule has 1 heterocycles. The summed E-state index contributed by atoms with van der Waals surface area (Å²) in [4.78, 5) is 2.95. The summed E-state index contributed by atoms with van der Waals surface area (Å²) in [5.41, 5.74) is 0. The molecule has 54 valence electrons. The molecule has 0 spiro atoms. The van der Waals surface area contributed by atoms with Gasteiger partial charge < -0.3 is 0 Å². The van der Waals surface area contributed by atoms with Gasteiger partial charge in [-0.1, -0.05) is 0 Å². The van der Waals surface area contributed by atoms with Crippen LogP contribution >= 0.6 is 0 Å². The fourth-order valence-electron chi connectivity index (χ4n) is 0.377. The lowest BCUT2D eigenvalue weighted by atomic mass is 10.6. The molecule has 0 bridgehead atoms. The van der Waals surface area contributed by atoms with E-state index in [1.54, 1.807) is 0 Å². The predicted octanol–water partition coefficient (Wildman–Crippen LogP) is 0.890. The summed E-state index contributed by atoms with van der Waals surface area (Å²) in [6.07, 6.45) is -2.47. The highest BCUT2D eigenvalue weighted by Crippen LogP contribution is 2.24. The third-order valence-electron chi connectivity index (χ3n) is 0.736. The van der Waals surface area contributed by atoms with Crippen LogP contribution in [0.25, 0.3) is 0 Å². The summed E-state index contributed by atoms with van der Waals surface area (Å²) in [6.45, 7) is 0. The molecule has 0 N–H and O–H groups in total. The fourth-order valence-corrected chi connectivity index (χ4v) is 0.377. The zero-order valence-electron chi connectivity index (χ0n) is 4.63. The van der Waals surface area contributed by atoms with Crippen molar-refractivity contribution in [2.75, 3.05) is 0 Å². The van der Waals surface area contributed by atoms with E-state index in [0.29, 0.717) is 0 Å².